The van der Waals surface area contributed by atoms with Crippen molar-refractivity contribution < 1.29 is 19.1 Å². The molecule has 0 bridgehead atoms. The number of benzene rings is 2. The summed E-state index contributed by atoms with van der Waals surface area (Å²) in [5.74, 6) is -0.582. The lowest BCUT2D eigenvalue weighted by Crippen LogP contribution is -2.57. The zero-order valence-electron chi connectivity index (χ0n) is 18.4. The molecule has 2 aliphatic rings. The molecule has 2 atom stereocenters. The maximum absolute atomic E-state index is 13.0. The number of carbonyl (C=O) groups is 2. The van der Waals surface area contributed by atoms with Gasteiger partial charge in [-0.2, -0.15) is 0 Å². The number of piperazine rings is 1. The number of rotatable bonds is 5. The van der Waals surface area contributed by atoms with Crippen LogP contribution in [-0.4, -0.2) is 62.6 Å². The number of anilines is 1. The number of methoxy groups -OCH3 is 1. The minimum atomic E-state index is -0.998. The maximum atomic E-state index is 13.0. The van der Waals surface area contributed by atoms with Gasteiger partial charge in [0.25, 0.3) is 0 Å². The first-order valence-corrected chi connectivity index (χ1v) is 10.8. The number of aliphatic imine (C=N–C) groups is 1. The van der Waals surface area contributed by atoms with E-state index in [1.165, 1.54) is 0 Å². The molecular weight excluding hydrogens is 408 g/mol. The van der Waals surface area contributed by atoms with Crippen LogP contribution in [-0.2, 0) is 14.3 Å². The molecule has 0 aromatic heterocycles. The van der Waals surface area contributed by atoms with Gasteiger partial charge >= 0.3 is 5.97 Å². The predicted molar refractivity (Wildman–Crippen MR) is 122 cm³/mol. The van der Waals surface area contributed by atoms with Gasteiger partial charge in [-0.25, -0.2) is 4.99 Å². The van der Waals surface area contributed by atoms with E-state index in [9.17, 15) is 9.59 Å². The average Bonchev–Trinajstić information content (AvgIpc) is 2.84. The average molecular weight is 437 g/mol. The largest absolute Gasteiger partial charge is 0.497 e. The topological polar surface area (TPSA) is 83.5 Å². The first-order valence-electron chi connectivity index (χ1n) is 10.8. The van der Waals surface area contributed by atoms with Gasteiger partial charge in [-0.3, -0.25) is 14.9 Å². The number of nitrogens with one attached hydrogen (secondary N) is 1. The Labute approximate surface area is 187 Å². The van der Waals surface area contributed by atoms with E-state index < -0.39 is 17.9 Å². The molecule has 2 aromatic rings. The molecule has 1 amide bonds. The molecule has 1 saturated heterocycles. The van der Waals surface area contributed by atoms with Crippen molar-refractivity contribution in [3.63, 3.8) is 0 Å². The first kappa shape index (κ1) is 21.7. The smallest absolute Gasteiger partial charge is 0.321 e. The number of amides is 1. The van der Waals surface area contributed by atoms with Crippen molar-refractivity contribution >= 4 is 23.5 Å². The lowest BCUT2D eigenvalue weighted by Gasteiger charge is -2.39. The molecule has 168 valence electrons. The number of hydrogen-bond acceptors (Lipinski definition) is 7. The number of ether oxygens (including phenoxy) is 2. The van der Waals surface area contributed by atoms with E-state index in [1.807, 2.05) is 54.6 Å². The molecule has 2 heterocycles. The number of hydrogen-bond donors (Lipinski definition) is 1. The summed E-state index contributed by atoms with van der Waals surface area (Å²) in [6, 6.07) is 16.8. The molecule has 0 unspecified atom stereocenters. The van der Waals surface area contributed by atoms with Crippen LogP contribution < -0.4 is 15.0 Å². The Morgan fingerprint density at radius 2 is 1.69 bits per heavy atom. The molecule has 4 rings (SSSR count). The van der Waals surface area contributed by atoms with Crippen LogP contribution in [0.25, 0.3) is 0 Å². The van der Waals surface area contributed by atoms with Crippen LogP contribution in [0.1, 0.15) is 18.5 Å². The Balaban J connectivity index is 1.51. The third kappa shape index (κ3) is 4.54. The fourth-order valence-corrected chi connectivity index (χ4v) is 4.09. The molecule has 1 N–H and O–H groups in total. The van der Waals surface area contributed by atoms with Gasteiger partial charge in [-0.15, -0.1) is 0 Å². The van der Waals surface area contributed by atoms with Crippen molar-refractivity contribution in [2.45, 2.75) is 13.0 Å². The summed E-state index contributed by atoms with van der Waals surface area (Å²) in [6.45, 7) is 4.94. The second-order valence-electron chi connectivity index (χ2n) is 7.70. The molecule has 32 heavy (non-hydrogen) atoms. The molecular formula is C24H28N4O4. The van der Waals surface area contributed by atoms with E-state index in [4.69, 9.17) is 14.5 Å². The van der Waals surface area contributed by atoms with Gasteiger partial charge in [-0.05, 0) is 36.8 Å². The quantitative estimate of drug-likeness (QED) is 0.572. The summed E-state index contributed by atoms with van der Waals surface area (Å²) in [7, 11) is 1.65. The Morgan fingerprint density at radius 3 is 2.31 bits per heavy atom. The van der Waals surface area contributed by atoms with Gasteiger partial charge in [0.2, 0.25) is 11.9 Å². The maximum Gasteiger partial charge on any atom is 0.321 e. The summed E-state index contributed by atoms with van der Waals surface area (Å²) in [6.07, 6.45) is 0. The second kappa shape index (κ2) is 9.72. The zero-order chi connectivity index (χ0) is 22.5. The van der Waals surface area contributed by atoms with Crippen molar-refractivity contribution in [1.29, 1.82) is 0 Å². The number of nitrogens with zero attached hydrogens (tertiary/aromatic N) is 3. The third-order valence-electron chi connectivity index (χ3n) is 5.79. The molecule has 1 fully saturated rings. The number of guanidine groups is 1. The van der Waals surface area contributed by atoms with E-state index in [1.54, 1.807) is 14.0 Å². The normalized spacial score (nSPS) is 20.9. The van der Waals surface area contributed by atoms with Gasteiger partial charge in [0.05, 0.1) is 13.7 Å². The monoisotopic (exact) mass is 436 g/mol. The van der Waals surface area contributed by atoms with Crippen LogP contribution in [0.4, 0.5) is 5.69 Å². The predicted octanol–water partition coefficient (Wildman–Crippen LogP) is 2.22. The minimum absolute atomic E-state index is 0.216. The molecule has 0 spiro atoms. The summed E-state index contributed by atoms with van der Waals surface area (Å²) in [5, 5.41) is 2.85. The Hall–Kier alpha value is -3.55. The van der Waals surface area contributed by atoms with Crippen LogP contribution in [0, 0.1) is 5.92 Å². The highest BCUT2D eigenvalue weighted by Gasteiger charge is 2.42. The van der Waals surface area contributed by atoms with E-state index in [0.29, 0.717) is 19.0 Å². The van der Waals surface area contributed by atoms with Crippen molar-refractivity contribution in [2.75, 3.05) is 44.8 Å². The molecule has 0 radical (unpaired) electrons. The Morgan fingerprint density at radius 1 is 1.03 bits per heavy atom. The van der Waals surface area contributed by atoms with Crippen molar-refractivity contribution in [1.82, 2.24) is 10.2 Å². The fraction of sp³-hybridized carbons (Fsp3) is 0.375. The van der Waals surface area contributed by atoms with E-state index in [-0.39, 0.29) is 12.5 Å². The number of carbonyl (C=O) groups excluding carboxylic acids is 2. The van der Waals surface area contributed by atoms with Crippen molar-refractivity contribution in [3.8, 4) is 5.75 Å². The third-order valence-corrected chi connectivity index (χ3v) is 5.79. The fourth-order valence-electron chi connectivity index (χ4n) is 4.09. The SMILES string of the molecule is CCOC(=O)[C@@H]1C(=O)NC(N2CCN(c3ccc(OC)cc3)CC2)=N[C@@H]1c1ccccc1. The van der Waals surface area contributed by atoms with Gasteiger partial charge in [0.1, 0.15) is 11.8 Å². The van der Waals surface area contributed by atoms with E-state index in [0.717, 1.165) is 30.1 Å². The molecule has 0 saturated carbocycles. The lowest BCUT2D eigenvalue weighted by molar-refractivity contribution is -0.153. The number of esters is 1. The summed E-state index contributed by atoms with van der Waals surface area (Å²) in [5.41, 5.74) is 1.94. The van der Waals surface area contributed by atoms with E-state index >= 15 is 0 Å². The zero-order valence-corrected chi connectivity index (χ0v) is 18.4. The summed E-state index contributed by atoms with van der Waals surface area (Å²) >= 11 is 0. The molecule has 8 heteroatoms. The van der Waals surface area contributed by atoms with Gasteiger partial charge in [0, 0.05) is 31.9 Å². The second-order valence-corrected chi connectivity index (χ2v) is 7.70. The van der Waals surface area contributed by atoms with Crippen molar-refractivity contribution in [2.24, 2.45) is 10.9 Å². The minimum Gasteiger partial charge on any atom is -0.497 e. The standard InChI is InChI=1S/C24H28N4O4/c1-3-32-23(30)20-21(17-7-5-4-6-8-17)25-24(26-22(20)29)28-15-13-27(14-16-28)18-9-11-19(31-2)12-10-18/h4-12,20-21H,3,13-16H2,1-2H3,(H,25,26,29)/t20-,21+/m0/s1. The van der Waals surface area contributed by atoms with Gasteiger partial charge in [0.15, 0.2) is 5.92 Å². The van der Waals surface area contributed by atoms with Crippen LogP contribution in [0.3, 0.4) is 0 Å². The van der Waals surface area contributed by atoms with Crippen LogP contribution >= 0.6 is 0 Å². The highest BCUT2D eigenvalue weighted by Crippen LogP contribution is 2.31. The van der Waals surface area contributed by atoms with Gasteiger partial charge in [-0.1, -0.05) is 30.3 Å². The van der Waals surface area contributed by atoms with Gasteiger partial charge < -0.3 is 19.3 Å². The molecule has 2 aromatic carbocycles. The van der Waals surface area contributed by atoms with Crippen molar-refractivity contribution in [3.05, 3.63) is 60.2 Å². The van der Waals surface area contributed by atoms with Crippen LogP contribution in [0.2, 0.25) is 0 Å². The van der Waals surface area contributed by atoms with E-state index in [2.05, 4.69) is 15.1 Å². The first-order chi connectivity index (χ1) is 15.6. The van der Waals surface area contributed by atoms with Crippen LogP contribution in [0.15, 0.2) is 59.6 Å². The molecule has 8 nitrogen and oxygen atoms in total. The summed E-state index contributed by atoms with van der Waals surface area (Å²) < 4.78 is 10.4. The Kier molecular flexibility index (Phi) is 6.58. The Bertz CT molecular complexity index is 969. The van der Waals surface area contributed by atoms with Crippen LogP contribution in [0.5, 0.6) is 5.75 Å². The highest BCUT2D eigenvalue weighted by atomic mass is 16.5. The molecule has 2 aliphatic heterocycles. The summed E-state index contributed by atoms with van der Waals surface area (Å²) in [4.78, 5) is 34.7. The lowest BCUT2D eigenvalue weighted by atomic mass is 9.91. The molecule has 0 aliphatic carbocycles. The highest BCUT2D eigenvalue weighted by molar-refractivity contribution is 6.08.